The van der Waals surface area contributed by atoms with Crippen molar-refractivity contribution in [1.82, 2.24) is 15.2 Å². The summed E-state index contributed by atoms with van der Waals surface area (Å²) < 4.78 is 10.8. The number of furan rings is 1. The van der Waals surface area contributed by atoms with Crippen LogP contribution in [0.15, 0.2) is 46.1 Å². The van der Waals surface area contributed by atoms with Gasteiger partial charge in [0.2, 0.25) is 0 Å². The fourth-order valence-corrected chi connectivity index (χ4v) is 3.63. The molecular weight excluding hydrogens is 420 g/mol. The molecule has 1 aromatic heterocycles. The lowest BCUT2D eigenvalue weighted by Gasteiger charge is -2.29. The lowest BCUT2D eigenvalue weighted by molar-refractivity contribution is -0.134. The minimum atomic E-state index is -0.426. The van der Waals surface area contributed by atoms with E-state index in [1.165, 1.54) is 21.0 Å². The van der Waals surface area contributed by atoms with Gasteiger partial charge in [-0.05, 0) is 69.5 Å². The summed E-state index contributed by atoms with van der Waals surface area (Å²) in [5.74, 6) is 0.379. The number of hydrazone groups is 1. The van der Waals surface area contributed by atoms with Gasteiger partial charge in [0, 0.05) is 25.6 Å². The van der Waals surface area contributed by atoms with Crippen molar-refractivity contribution in [2.24, 2.45) is 5.10 Å². The number of benzene rings is 1. The van der Waals surface area contributed by atoms with E-state index in [1.807, 2.05) is 32.9 Å². The molecule has 33 heavy (non-hydrogen) atoms. The molecule has 1 aromatic carbocycles. The maximum absolute atomic E-state index is 13.4. The molecule has 1 aliphatic heterocycles. The standard InChI is InChI=1S/C25H34N4O4/c1-17-9-10-19(14-18(17)2)20-15-21(22-8-7-12-33-22)29(27-20)23(30)16-28(11-13-32-6)24(31)26-25(3,4)5/h7-10,12,14,21H,11,13,15-16H2,1-6H3,(H,26,31)/t21-/m1/s1. The first-order valence-corrected chi connectivity index (χ1v) is 11.2. The van der Waals surface area contributed by atoms with Gasteiger partial charge in [-0.3, -0.25) is 4.79 Å². The monoisotopic (exact) mass is 454 g/mol. The van der Waals surface area contributed by atoms with Gasteiger partial charge in [0.1, 0.15) is 18.3 Å². The average molecular weight is 455 g/mol. The summed E-state index contributed by atoms with van der Waals surface area (Å²) in [6.45, 7) is 10.3. The Morgan fingerprint density at radius 3 is 2.61 bits per heavy atom. The Bertz CT molecular complexity index is 1010. The number of rotatable bonds is 7. The van der Waals surface area contributed by atoms with Gasteiger partial charge in [-0.25, -0.2) is 9.80 Å². The number of nitrogens with zero attached hydrogens (tertiary/aromatic N) is 3. The summed E-state index contributed by atoms with van der Waals surface area (Å²) in [4.78, 5) is 27.7. The number of carbonyl (C=O) groups is 2. The van der Waals surface area contributed by atoms with Gasteiger partial charge in [-0.1, -0.05) is 12.1 Å². The van der Waals surface area contributed by atoms with E-state index in [-0.39, 0.29) is 31.1 Å². The van der Waals surface area contributed by atoms with Crippen LogP contribution in [-0.2, 0) is 9.53 Å². The molecule has 0 bridgehead atoms. The van der Waals surface area contributed by atoms with E-state index in [0.717, 1.165) is 11.3 Å². The third-order valence-electron chi connectivity index (χ3n) is 5.54. The molecule has 0 saturated heterocycles. The van der Waals surface area contributed by atoms with Gasteiger partial charge in [0.05, 0.1) is 18.6 Å². The number of methoxy groups -OCH3 is 1. The number of nitrogens with one attached hydrogen (secondary N) is 1. The van der Waals surface area contributed by atoms with Crippen molar-refractivity contribution in [3.63, 3.8) is 0 Å². The van der Waals surface area contributed by atoms with Crippen LogP contribution in [0.3, 0.4) is 0 Å². The first kappa shape index (κ1) is 24.5. The third-order valence-corrected chi connectivity index (χ3v) is 5.54. The minimum absolute atomic E-state index is 0.119. The second-order valence-electron chi connectivity index (χ2n) is 9.41. The van der Waals surface area contributed by atoms with Gasteiger partial charge in [-0.2, -0.15) is 5.10 Å². The number of amides is 3. The zero-order valence-corrected chi connectivity index (χ0v) is 20.3. The Balaban J connectivity index is 1.86. The minimum Gasteiger partial charge on any atom is -0.467 e. The topological polar surface area (TPSA) is 87.4 Å². The van der Waals surface area contributed by atoms with Crippen molar-refractivity contribution in [2.45, 2.75) is 52.6 Å². The number of carbonyl (C=O) groups excluding carboxylic acids is 2. The van der Waals surface area contributed by atoms with Gasteiger partial charge < -0.3 is 19.4 Å². The van der Waals surface area contributed by atoms with Gasteiger partial charge >= 0.3 is 6.03 Å². The zero-order valence-electron chi connectivity index (χ0n) is 20.3. The maximum atomic E-state index is 13.4. The molecule has 0 fully saturated rings. The molecular formula is C25H34N4O4. The number of hydrogen-bond donors (Lipinski definition) is 1. The number of ether oxygens (including phenoxy) is 1. The number of urea groups is 1. The van der Waals surface area contributed by atoms with Crippen molar-refractivity contribution < 1.29 is 18.7 Å². The lowest BCUT2D eigenvalue weighted by atomic mass is 9.99. The van der Waals surface area contributed by atoms with E-state index >= 15 is 0 Å². The molecule has 0 unspecified atom stereocenters. The smallest absolute Gasteiger partial charge is 0.318 e. The van der Waals surface area contributed by atoms with Crippen LogP contribution in [0.5, 0.6) is 0 Å². The molecule has 3 rings (SSSR count). The van der Waals surface area contributed by atoms with Crippen LogP contribution >= 0.6 is 0 Å². The highest BCUT2D eigenvalue weighted by atomic mass is 16.5. The van der Waals surface area contributed by atoms with Crippen molar-refractivity contribution in [1.29, 1.82) is 0 Å². The van der Waals surface area contributed by atoms with Crippen LogP contribution in [0.4, 0.5) is 4.79 Å². The van der Waals surface area contributed by atoms with Crippen LogP contribution in [0.25, 0.3) is 0 Å². The first-order valence-electron chi connectivity index (χ1n) is 11.2. The number of aryl methyl sites for hydroxylation is 2. The molecule has 2 aromatic rings. The van der Waals surface area contributed by atoms with E-state index in [2.05, 4.69) is 36.4 Å². The molecule has 0 saturated carbocycles. The summed E-state index contributed by atoms with van der Waals surface area (Å²) in [6.07, 6.45) is 2.13. The van der Waals surface area contributed by atoms with Crippen molar-refractivity contribution >= 4 is 17.6 Å². The molecule has 1 atom stereocenters. The lowest BCUT2D eigenvalue weighted by Crippen LogP contribution is -2.52. The molecule has 1 aliphatic rings. The Morgan fingerprint density at radius 1 is 1.24 bits per heavy atom. The van der Waals surface area contributed by atoms with E-state index in [0.29, 0.717) is 18.8 Å². The summed E-state index contributed by atoms with van der Waals surface area (Å²) in [6, 6.07) is 9.13. The van der Waals surface area contributed by atoms with E-state index in [9.17, 15) is 9.59 Å². The second-order valence-corrected chi connectivity index (χ2v) is 9.41. The Kier molecular flexibility index (Phi) is 7.58. The van der Waals surface area contributed by atoms with Crippen LogP contribution in [0.2, 0.25) is 0 Å². The Labute approximate surface area is 195 Å². The molecule has 178 valence electrons. The fraction of sp³-hybridized carbons (Fsp3) is 0.480. The maximum Gasteiger partial charge on any atom is 0.318 e. The van der Waals surface area contributed by atoms with Crippen LogP contribution in [0, 0.1) is 13.8 Å². The van der Waals surface area contributed by atoms with Crippen molar-refractivity contribution in [3.8, 4) is 0 Å². The Hall–Kier alpha value is -3.13. The van der Waals surface area contributed by atoms with Crippen LogP contribution < -0.4 is 5.32 Å². The molecule has 1 N–H and O–H groups in total. The largest absolute Gasteiger partial charge is 0.467 e. The van der Waals surface area contributed by atoms with Crippen LogP contribution in [0.1, 0.15) is 55.7 Å². The summed E-state index contributed by atoms with van der Waals surface area (Å²) >= 11 is 0. The van der Waals surface area contributed by atoms with E-state index in [4.69, 9.17) is 9.15 Å². The quantitative estimate of drug-likeness (QED) is 0.684. The van der Waals surface area contributed by atoms with Crippen molar-refractivity contribution in [3.05, 3.63) is 59.0 Å². The van der Waals surface area contributed by atoms with Gasteiger partial charge in [0.25, 0.3) is 5.91 Å². The average Bonchev–Trinajstić information content (AvgIpc) is 3.41. The molecule has 2 heterocycles. The molecule has 8 heteroatoms. The molecule has 8 nitrogen and oxygen atoms in total. The Morgan fingerprint density at radius 2 is 2.00 bits per heavy atom. The summed E-state index contributed by atoms with van der Waals surface area (Å²) in [7, 11) is 1.56. The number of hydrogen-bond acceptors (Lipinski definition) is 5. The van der Waals surface area contributed by atoms with Gasteiger partial charge in [-0.15, -0.1) is 0 Å². The van der Waals surface area contributed by atoms with E-state index < -0.39 is 5.54 Å². The molecule has 0 aliphatic carbocycles. The van der Waals surface area contributed by atoms with Crippen molar-refractivity contribution in [2.75, 3.05) is 26.8 Å². The molecule has 3 amide bonds. The normalized spacial score (nSPS) is 16.0. The highest BCUT2D eigenvalue weighted by Crippen LogP contribution is 2.33. The summed E-state index contributed by atoms with van der Waals surface area (Å²) in [5, 5.41) is 9.05. The predicted molar refractivity (Wildman–Crippen MR) is 127 cm³/mol. The van der Waals surface area contributed by atoms with E-state index in [1.54, 1.807) is 19.4 Å². The fourth-order valence-electron chi connectivity index (χ4n) is 3.63. The zero-order chi connectivity index (χ0) is 24.2. The second kappa shape index (κ2) is 10.2. The highest BCUT2D eigenvalue weighted by molar-refractivity contribution is 6.03. The third kappa shape index (κ3) is 6.22. The molecule has 0 radical (unpaired) electrons. The SMILES string of the molecule is COCCN(CC(=O)N1N=C(c2ccc(C)c(C)c2)C[C@@H]1c1ccco1)C(=O)NC(C)(C)C. The van der Waals surface area contributed by atoms with Gasteiger partial charge in [0.15, 0.2) is 0 Å². The summed E-state index contributed by atoms with van der Waals surface area (Å²) in [5.41, 5.74) is 3.73. The highest BCUT2D eigenvalue weighted by Gasteiger charge is 2.36. The molecule has 0 spiro atoms. The van der Waals surface area contributed by atoms with Crippen LogP contribution in [-0.4, -0.2) is 59.9 Å². The predicted octanol–water partition coefficient (Wildman–Crippen LogP) is 4.03. The first-order chi connectivity index (χ1) is 15.6.